The van der Waals surface area contributed by atoms with Crippen molar-refractivity contribution < 1.29 is 25.2 Å². The third-order valence-electron chi connectivity index (χ3n) is 30.8. The Labute approximate surface area is 555 Å². The number of nitrogens with one attached hydrogen (secondary N) is 2. The molecule has 21 rings (SSSR count). The van der Waals surface area contributed by atoms with Gasteiger partial charge in [-0.25, -0.2) is 0 Å². The highest BCUT2D eigenvalue weighted by atomic mass is 16.4. The Morgan fingerprint density at radius 2 is 1.63 bits per heavy atom. The Kier molecular flexibility index (Phi) is 14.7. The molecule has 17 atom stereocenters. The van der Waals surface area contributed by atoms with Crippen LogP contribution < -0.4 is 21.1 Å². The molecule has 3 aromatic carbocycles. The van der Waals surface area contributed by atoms with Crippen molar-refractivity contribution in [3.63, 3.8) is 0 Å². The standard InChI is InChI=1S/C86H106N2O5/c1-4-5-7-18-57-19-10-11-22-59(57)45-56-31-37-81(49-56)41-42-83-38-32-64-48-71-72-51-82-36-16-35-79(2)74(90)34-39-84(71,78(79)82)70-47-61-23-12-13-25-66(61)67(68(70)50-82)46-55-17-14-24-60(44-55)62-28-30-76(88-53-62)87-43-15-26-65(58-20-8-6-9-21-58)63(54-89)27-29-69(77(92)93)85(40-33-73(81)83)75(91)52-86(72,83)80(64,85)3/h10-14,16-17,19,22-25,28,30,33,36,40,44,47,50,54,56,58,64-65,69-70,73-75,78,87-91H,4-9,15,18,20-21,26-27,29,31-32,34-35,37-39,41-43,45-46,48-49,51-53H2,1-3H3,(H,92,93)/b63-54+/t56-,64-,65-,69-,70+,73+,74-,75+,78+,79+,80+,81-,82+,83+,84-,85-,86+/m0/s1. The van der Waals surface area contributed by atoms with E-state index < -0.39 is 45.8 Å². The molecule has 6 heterocycles. The third-order valence-corrected chi connectivity index (χ3v) is 30.8. The van der Waals surface area contributed by atoms with Gasteiger partial charge in [0, 0.05) is 46.1 Å². The molecule has 93 heavy (non-hydrogen) atoms. The molecule has 12 aliphatic carbocycles. The van der Waals surface area contributed by atoms with Crippen molar-refractivity contribution in [3.8, 4) is 0 Å². The Bertz CT molecular complexity index is 3890. The average Bonchev–Trinajstić information content (AvgIpc) is 1.53. The summed E-state index contributed by atoms with van der Waals surface area (Å²) in [6.07, 6.45) is 49.2. The van der Waals surface area contributed by atoms with Crippen LogP contribution in [0, 0.1) is 90.7 Å². The number of aliphatic hydroxyl groups is 3. The molecule has 18 aliphatic rings. The van der Waals surface area contributed by atoms with E-state index in [0.29, 0.717) is 31.1 Å². The van der Waals surface area contributed by atoms with Crippen molar-refractivity contribution in [2.75, 3.05) is 13.1 Å². The number of allylic oxidation sites excluding steroid dienone is 10. The van der Waals surface area contributed by atoms with Gasteiger partial charge in [-0.3, -0.25) is 4.79 Å². The summed E-state index contributed by atoms with van der Waals surface area (Å²) in [6.45, 7) is 8.96. The lowest BCUT2D eigenvalue weighted by Gasteiger charge is -2.77. The molecule has 4 spiro atoms. The SMILES string of the molecule is CCCCCc1ccccc1C[C@@H]1CC[C@]2(CC[C@]34CC[C@H]5CC6=C7C[C@@]89C=CC[C@]%10(C)[C@@H](O)CC[C@@]6([C@@H]6C=c%11ccccc%11=C(Cc%11cccc(c%11)C%11=CC=C(NCCC[C@@H](C%12CCCCC%12)/C(=C/O)CC[C@@H](C(=O)O)[C@@]%12(C=C[C@H]23)[C@H](O)C[C@]74[C@]5%12C)NC%11)C6=C8)[C@@H]9%10)C1. The number of aryl methyl sites for hydroxylation is 1. The molecule has 0 unspecified atom stereocenters. The molecule has 6 N–H and O–H groups in total. The van der Waals surface area contributed by atoms with E-state index in [2.05, 4.69) is 153 Å². The number of hydrogen-bond acceptors (Lipinski definition) is 6. The summed E-state index contributed by atoms with van der Waals surface area (Å²) in [5.41, 5.74) is 11.0. The number of aliphatic hydroxyl groups excluding tert-OH is 3. The highest BCUT2D eigenvalue weighted by Crippen LogP contribution is 2.91. The van der Waals surface area contributed by atoms with Gasteiger partial charge in [0.2, 0.25) is 0 Å². The van der Waals surface area contributed by atoms with E-state index in [4.69, 9.17) is 0 Å². The van der Waals surface area contributed by atoms with E-state index in [0.717, 1.165) is 121 Å². The van der Waals surface area contributed by atoms with Gasteiger partial charge in [-0.15, -0.1) is 0 Å². The number of benzene rings is 3. The maximum Gasteiger partial charge on any atom is 0.307 e. The average molecular weight is 1250 g/mol. The van der Waals surface area contributed by atoms with Crippen molar-refractivity contribution >= 4 is 23.2 Å². The maximum absolute atomic E-state index is 15.4. The van der Waals surface area contributed by atoms with Gasteiger partial charge in [0.1, 0.15) is 0 Å². The monoisotopic (exact) mass is 1250 g/mol. The fraction of sp³-hybridized carbons (Fsp3) is 0.593. The number of carboxylic acids is 1. The molecular formula is C86H106N2O5. The number of fused-ring (bicyclic) bond motifs is 2. The number of carbonyl (C=O) groups is 1. The van der Waals surface area contributed by atoms with Crippen LogP contribution in [0.4, 0.5) is 0 Å². The molecule has 490 valence electrons. The molecule has 6 fully saturated rings. The van der Waals surface area contributed by atoms with Crippen LogP contribution in [0.15, 0.2) is 150 Å². The van der Waals surface area contributed by atoms with Crippen molar-refractivity contribution in [3.05, 3.63) is 182 Å². The minimum absolute atomic E-state index is 0.0857. The van der Waals surface area contributed by atoms with Crippen molar-refractivity contribution in [2.45, 2.75) is 213 Å². The molecule has 3 aromatic rings. The second-order valence-electron chi connectivity index (χ2n) is 34.0. The van der Waals surface area contributed by atoms with Crippen LogP contribution in [-0.2, 0) is 24.1 Å². The minimum atomic E-state index is -1.05. The Morgan fingerprint density at radius 3 is 2.46 bits per heavy atom. The third kappa shape index (κ3) is 8.47. The van der Waals surface area contributed by atoms with E-state index in [-0.39, 0.29) is 51.2 Å². The number of aliphatic carboxylic acids is 1. The normalized spacial score (nSPS) is 42.2. The van der Waals surface area contributed by atoms with Crippen LogP contribution in [-0.4, -0.2) is 51.7 Å². The van der Waals surface area contributed by atoms with Gasteiger partial charge >= 0.3 is 5.97 Å². The second-order valence-corrected chi connectivity index (χ2v) is 34.0. The Morgan fingerprint density at radius 1 is 0.785 bits per heavy atom. The summed E-state index contributed by atoms with van der Waals surface area (Å²) >= 11 is 0. The molecule has 16 bridgehead atoms. The van der Waals surface area contributed by atoms with Crippen molar-refractivity contribution in [2.24, 2.45) is 90.7 Å². The number of carboxylic acid groups (broad SMARTS) is 1. The first kappa shape index (κ1) is 61.0. The summed E-state index contributed by atoms with van der Waals surface area (Å²) in [7, 11) is 0. The van der Waals surface area contributed by atoms with Gasteiger partial charge < -0.3 is 31.1 Å². The lowest BCUT2D eigenvalue weighted by Crippen LogP contribution is -2.71. The maximum atomic E-state index is 15.4. The predicted octanol–water partition coefficient (Wildman–Crippen LogP) is 16.5. The Balaban J connectivity index is 0.881. The molecule has 0 amide bonds. The zero-order chi connectivity index (χ0) is 63.3. The molecule has 6 aliphatic heterocycles. The van der Waals surface area contributed by atoms with Gasteiger partial charge in [-0.2, -0.15) is 0 Å². The molecule has 0 radical (unpaired) electrons. The highest BCUT2D eigenvalue weighted by Gasteiger charge is 2.87. The van der Waals surface area contributed by atoms with Crippen molar-refractivity contribution in [1.29, 1.82) is 0 Å². The highest BCUT2D eigenvalue weighted by molar-refractivity contribution is 5.78. The zero-order valence-electron chi connectivity index (χ0n) is 56.3. The van der Waals surface area contributed by atoms with Gasteiger partial charge in [0.05, 0.1) is 30.2 Å². The van der Waals surface area contributed by atoms with E-state index in [1.54, 1.807) is 22.3 Å². The van der Waals surface area contributed by atoms with E-state index in [9.17, 15) is 20.4 Å². The van der Waals surface area contributed by atoms with Crippen LogP contribution in [0.2, 0.25) is 0 Å². The summed E-state index contributed by atoms with van der Waals surface area (Å²) in [5, 5.41) is 61.8. The van der Waals surface area contributed by atoms with Gasteiger partial charge in [0.15, 0.2) is 0 Å². The number of hydrogen-bond donors (Lipinski definition) is 6. The van der Waals surface area contributed by atoms with Crippen LogP contribution in [0.25, 0.3) is 17.2 Å². The summed E-state index contributed by atoms with van der Waals surface area (Å²) in [4.78, 5) is 15.4. The fourth-order valence-corrected chi connectivity index (χ4v) is 27.4. The number of dihydropyridines is 1. The van der Waals surface area contributed by atoms with E-state index >= 15 is 4.79 Å². The summed E-state index contributed by atoms with van der Waals surface area (Å²) in [6, 6.07) is 28.1. The Hall–Kier alpha value is -5.63. The molecular weight excluding hydrogens is 1140 g/mol. The first-order valence-electron chi connectivity index (χ1n) is 37.8. The molecule has 7 heteroatoms. The summed E-state index contributed by atoms with van der Waals surface area (Å²) < 4.78 is 0. The first-order chi connectivity index (χ1) is 45.2. The molecule has 0 saturated heterocycles. The van der Waals surface area contributed by atoms with Crippen LogP contribution in [0.1, 0.15) is 204 Å². The van der Waals surface area contributed by atoms with Crippen LogP contribution in [0.5, 0.6) is 0 Å². The zero-order valence-corrected chi connectivity index (χ0v) is 56.3. The van der Waals surface area contributed by atoms with E-state index in [1.165, 1.54) is 109 Å². The topological polar surface area (TPSA) is 122 Å². The lowest BCUT2D eigenvalue weighted by molar-refractivity contribution is -0.207. The summed E-state index contributed by atoms with van der Waals surface area (Å²) in [5.74, 6) is 1.28. The van der Waals surface area contributed by atoms with Crippen LogP contribution >= 0.6 is 0 Å². The molecule has 6 saturated carbocycles. The largest absolute Gasteiger partial charge is 0.516 e. The van der Waals surface area contributed by atoms with Crippen LogP contribution in [0.3, 0.4) is 0 Å². The second kappa shape index (κ2) is 22.5. The lowest BCUT2D eigenvalue weighted by atomic mass is 9.27. The van der Waals surface area contributed by atoms with Gasteiger partial charge in [-0.1, -0.05) is 179 Å². The number of unbranched alkanes of at least 4 members (excludes halogenated alkanes) is 2. The fourth-order valence-electron chi connectivity index (χ4n) is 27.4. The quantitative estimate of drug-likeness (QED) is 0.0755. The van der Waals surface area contributed by atoms with Crippen molar-refractivity contribution in [1.82, 2.24) is 10.6 Å². The van der Waals surface area contributed by atoms with Gasteiger partial charge in [0.25, 0.3) is 0 Å². The first-order valence-corrected chi connectivity index (χ1v) is 37.8. The smallest absolute Gasteiger partial charge is 0.307 e. The number of rotatable bonds is 8. The molecule has 7 nitrogen and oxygen atoms in total. The molecule has 0 aromatic heterocycles. The predicted molar refractivity (Wildman–Crippen MR) is 373 cm³/mol. The van der Waals surface area contributed by atoms with Gasteiger partial charge in [-0.05, 0) is 260 Å². The minimum Gasteiger partial charge on any atom is -0.516 e. The van der Waals surface area contributed by atoms with E-state index in [1.807, 2.05) is 0 Å².